The maximum atomic E-state index is 12.6. The molecule has 0 atom stereocenters. The van der Waals surface area contributed by atoms with Crippen LogP contribution in [0.2, 0.25) is 5.02 Å². The molecule has 1 aromatic heterocycles. The molecule has 4 nitrogen and oxygen atoms in total. The molecular formula is C16H18ClN3O. The second kappa shape index (κ2) is 5.82. The summed E-state index contributed by atoms with van der Waals surface area (Å²) in [4.78, 5) is 14.8. The second-order valence-corrected chi connectivity index (χ2v) is 5.79. The van der Waals surface area contributed by atoms with Gasteiger partial charge in [0.25, 0.3) is 5.56 Å². The molecular weight excluding hydrogens is 286 g/mol. The lowest BCUT2D eigenvalue weighted by atomic mass is 10.1. The number of benzene rings is 1. The van der Waals surface area contributed by atoms with E-state index in [0.717, 1.165) is 18.8 Å². The SMILES string of the molecule is C=c1[nH]n(-c2cccc(Cl)c2)c(=O)c1=CN1CCCCC1. The minimum absolute atomic E-state index is 0.0900. The second-order valence-electron chi connectivity index (χ2n) is 5.35. The third-order valence-corrected chi connectivity index (χ3v) is 4.01. The fourth-order valence-corrected chi connectivity index (χ4v) is 2.84. The largest absolute Gasteiger partial charge is 0.377 e. The van der Waals surface area contributed by atoms with Crippen LogP contribution in [0.4, 0.5) is 0 Å². The number of aromatic nitrogens is 2. The summed E-state index contributed by atoms with van der Waals surface area (Å²) in [5, 5.41) is 4.87. The number of hydrogen-bond acceptors (Lipinski definition) is 2. The highest BCUT2D eigenvalue weighted by atomic mass is 35.5. The molecule has 1 saturated heterocycles. The number of piperidine rings is 1. The predicted molar refractivity (Wildman–Crippen MR) is 86.1 cm³/mol. The van der Waals surface area contributed by atoms with Gasteiger partial charge >= 0.3 is 0 Å². The Morgan fingerprint density at radius 2 is 2.00 bits per heavy atom. The van der Waals surface area contributed by atoms with Crippen LogP contribution in [0.15, 0.2) is 29.1 Å². The fourth-order valence-electron chi connectivity index (χ4n) is 2.66. The van der Waals surface area contributed by atoms with E-state index in [1.54, 1.807) is 12.1 Å². The first kappa shape index (κ1) is 14.0. The number of halogens is 1. The lowest BCUT2D eigenvalue weighted by molar-refractivity contribution is 0.336. The first-order valence-corrected chi connectivity index (χ1v) is 7.55. The molecule has 1 aliphatic heterocycles. The highest BCUT2D eigenvalue weighted by Crippen LogP contribution is 2.12. The van der Waals surface area contributed by atoms with Gasteiger partial charge in [-0.2, -0.15) is 0 Å². The molecule has 1 aliphatic rings. The predicted octanol–water partition coefficient (Wildman–Crippen LogP) is 1.45. The number of likely N-dealkylation sites (tertiary alicyclic amines) is 1. The zero-order chi connectivity index (χ0) is 14.8. The summed E-state index contributed by atoms with van der Waals surface area (Å²) in [6.07, 6.45) is 5.55. The van der Waals surface area contributed by atoms with E-state index in [0.29, 0.717) is 15.6 Å². The molecule has 1 aromatic carbocycles. The topological polar surface area (TPSA) is 41.0 Å². The zero-order valence-corrected chi connectivity index (χ0v) is 12.6. The van der Waals surface area contributed by atoms with Crippen LogP contribution in [0, 0.1) is 0 Å². The maximum absolute atomic E-state index is 12.6. The van der Waals surface area contributed by atoms with Crippen molar-refractivity contribution in [3.05, 3.63) is 50.2 Å². The van der Waals surface area contributed by atoms with Crippen LogP contribution in [0.1, 0.15) is 19.3 Å². The zero-order valence-electron chi connectivity index (χ0n) is 11.8. The Labute approximate surface area is 127 Å². The molecule has 110 valence electrons. The van der Waals surface area contributed by atoms with Gasteiger partial charge in [-0.15, -0.1) is 0 Å². The van der Waals surface area contributed by atoms with Crippen molar-refractivity contribution in [2.45, 2.75) is 19.3 Å². The first-order valence-electron chi connectivity index (χ1n) is 7.17. The van der Waals surface area contributed by atoms with E-state index < -0.39 is 0 Å². The molecule has 2 heterocycles. The molecule has 5 heteroatoms. The number of nitrogens with one attached hydrogen (secondary N) is 1. The Morgan fingerprint density at radius 1 is 1.24 bits per heavy atom. The van der Waals surface area contributed by atoms with Crippen LogP contribution >= 0.6 is 11.6 Å². The highest BCUT2D eigenvalue weighted by molar-refractivity contribution is 6.30. The van der Waals surface area contributed by atoms with Gasteiger partial charge in [-0.05, 0) is 37.5 Å². The number of rotatable bonds is 2. The van der Waals surface area contributed by atoms with Crippen molar-refractivity contribution in [1.29, 1.82) is 0 Å². The summed E-state index contributed by atoms with van der Waals surface area (Å²) in [5.74, 6) is 0. The molecule has 0 aliphatic carbocycles. The molecule has 0 saturated carbocycles. The lowest BCUT2D eigenvalue weighted by Crippen LogP contribution is -2.38. The van der Waals surface area contributed by atoms with E-state index in [4.69, 9.17) is 11.6 Å². The van der Waals surface area contributed by atoms with Gasteiger partial charge in [0.15, 0.2) is 0 Å². The molecule has 1 fully saturated rings. The number of hydrogen-bond donors (Lipinski definition) is 1. The van der Waals surface area contributed by atoms with Crippen molar-refractivity contribution < 1.29 is 0 Å². The van der Waals surface area contributed by atoms with Gasteiger partial charge in [0, 0.05) is 24.3 Å². The molecule has 21 heavy (non-hydrogen) atoms. The monoisotopic (exact) mass is 303 g/mol. The molecule has 0 amide bonds. The normalized spacial score (nSPS) is 16.4. The Hall–Kier alpha value is -1.94. The van der Waals surface area contributed by atoms with Gasteiger partial charge in [0.2, 0.25) is 0 Å². The van der Waals surface area contributed by atoms with Gasteiger partial charge < -0.3 is 4.90 Å². The fraction of sp³-hybridized carbons (Fsp3) is 0.312. The lowest BCUT2D eigenvalue weighted by Gasteiger charge is -2.24. The number of aromatic amines is 1. The first-order chi connectivity index (χ1) is 10.1. The molecule has 0 bridgehead atoms. The Morgan fingerprint density at radius 3 is 2.71 bits per heavy atom. The third-order valence-electron chi connectivity index (χ3n) is 3.77. The van der Waals surface area contributed by atoms with Gasteiger partial charge in [-0.25, -0.2) is 4.68 Å². The van der Waals surface area contributed by atoms with Crippen molar-refractivity contribution in [3.63, 3.8) is 0 Å². The number of nitrogens with zero attached hydrogens (tertiary/aromatic N) is 2. The average Bonchev–Trinajstić information content (AvgIpc) is 2.76. The van der Waals surface area contributed by atoms with Crippen molar-refractivity contribution in [1.82, 2.24) is 14.7 Å². The molecule has 2 aromatic rings. The van der Waals surface area contributed by atoms with E-state index in [1.165, 1.54) is 23.9 Å². The third kappa shape index (κ3) is 2.90. The summed E-state index contributed by atoms with van der Waals surface area (Å²) >= 11 is 5.99. The van der Waals surface area contributed by atoms with Crippen molar-refractivity contribution >= 4 is 24.4 Å². The Balaban J connectivity index is 2.06. The minimum Gasteiger partial charge on any atom is -0.377 e. The van der Waals surface area contributed by atoms with Gasteiger partial charge in [-0.1, -0.05) is 24.2 Å². The van der Waals surface area contributed by atoms with Gasteiger partial charge in [0.1, 0.15) is 0 Å². The molecule has 0 radical (unpaired) electrons. The molecule has 0 spiro atoms. The van der Waals surface area contributed by atoms with Crippen LogP contribution in [-0.2, 0) is 0 Å². The van der Waals surface area contributed by atoms with Crippen molar-refractivity contribution in [2.75, 3.05) is 13.1 Å². The summed E-state index contributed by atoms with van der Waals surface area (Å²) in [6, 6.07) is 7.20. The van der Waals surface area contributed by atoms with E-state index in [1.807, 2.05) is 18.3 Å². The highest BCUT2D eigenvalue weighted by Gasteiger charge is 2.09. The standard InChI is InChI=1S/C16H18ClN3O/c1-12-15(11-19-8-3-2-4-9-19)16(21)20(18-12)14-7-5-6-13(17)10-14/h5-7,10-11,18H,1-4,8-9H2. The van der Waals surface area contributed by atoms with Gasteiger partial charge in [-0.3, -0.25) is 9.89 Å². The minimum atomic E-state index is -0.0900. The van der Waals surface area contributed by atoms with E-state index in [-0.39, 0.29) is 5.56 Å². The molecule has 1 N–H and O–H groups in total. The van der Waals surface area contributed by atoms with E-state index in [9.17, 15) is 4.79 Å². The van der Waals surface area contributed by atoms with Crippen LogP contribution < -0.4 is 16.1 Å². The summed E-state index contributed by atoms with van der Waals surface area (Å²) in [5.41, 5.74) is 0.628. The van der Waals surface area contributed by atoms with Crippen LogP contribution in [-0.4, -0.2) is 27.8 Å². The van der Waals surface area contributed by atoms with E-state index in [2.05, 4.69) is 16.6 Å². The van der Waals surface area contributed by atoms with Crippen molar-refractivity contribution in [2.24, 2.45) is 0 Å². The Bertz CT molecular complexity index is 800. The summed E-state index contributed by atoms with van der Waals surface area (Å²) < 4.78 is 1.49. The smallest absolute Gasteiger partial charge is 0.280 e. The summed E-state index contributed by atoms with van der Waals surface area (Å²) in [7, 11) is 0. The summed E-state index contributed by atoms with van der Waals surface area (Å²) in [6.45, 7) is 5.95. The van der Waals surface area contributed by atoms with Crippen LogP contribution in [0.25, 0.3) is 18.5 Å². The van der Waals surface area contributed by atoms with Crippen LogP contribution in [0.5, 0.6) is 0 Å². The Kier molecular flexibility index (Phi) is 3.88. The molecule has 3 rings (SSSR count). The van der Waals surface area contributed by atoms with Crippen molar-refractivity contribution in [3.8, 4) is 5.69 Å². The molecule has 0 unspecified atom stereocenters. The maximum Gasteiger partial charge on any atom is 0.280 e. The van der Waals surface area contributed by atoms with Gasteiger partial charge in [0.05, 0.1) is 16.3 Å². The average molecular weight is 304 g/mol. The van der Waals surface area contributed by atoms with E-state index >= 15 is 0 Å². The van der Waals surface area contributed by atoms with Crippen LogP contribution in [0.3, 0.4) is 0 Å². The quantitative estimate of drug-likeness (QED) is 0.912. The number of H-pyrrole nitrogens is 1.